The van der Waals surface area contributed by atoms with Gasteiger partial charge in [-0.25, -0.2) is 4.98 Å². The molecule has 4 nitrogen and oxygen atoms in total. The van der Waals surface area contributed by atoms with Crippen molar-refractivity contribution in [3.63, 3.8) is 0 Å². The fraction of sp³-hybridized carbons (Fsp3) is 0.750. The molecule has 1 N–H and O–H groups in total. The van der Waals surface area contributed by atoms with Crippen molar-refractivity contribution in [1.29, 1.82) is 0 Å². The van der Waals surface area contributed by atoms with Crippen LogP contribution in [0.4, 0.5) is 5.82 Å². The van der Waals surface area contributed by atoms with Crippen molar-refractivity contribution in [2.75, 3.05) is 18.5 Å². The standard InChI is InChI=1S/C16H29N3O/c1-6-8-9-10-11-17-13-12-14(20-7-2)19-15(18-13)16(3,4)5/h12H,6-11H2,1-5H3,(H,17,18,19). The zero-order chi connectivity index (χ0) is 15.0. The Kier molecular flexibility index (Phi) is 6.76. The van der Waals surface area contributed by atoms with Crippen LogP contribution in [0.5, 0.6) is 5.88 Å². The summed E-state index contributed by atoms with van der Waals surface area (Å²) in [6, 6.07) is 1.89. The van der Waals surface area contributed by atoms with E-state index in [0.717, 1.165) is 18.2 Å². The number of nitrogens with zero attached hydrogens (tertiary/aromatic N) is 2. The smallest absolute Gasteiger partial charge is 0.218 e. The average Bonchev–Trinajstić information content (AvgIpc) is 2.38. The van der Waals surface area contributed by atoms with E-state index >= 15 is 0 Å². The number of nitrogens with one attached hydrogen (secondary N) is 1. The van der Waals surface area contributed by atoms with Gasteiger partial charge in [0, 0.05) is 18.0 Å². The number of aromatic nitrogens is 2. The lowest BCUT2D eigenvalue weighted by atomic mass is 9.96. The van der Waals surface area contributed by atoms with Gasteiger partial charge in [-0.3, -0.25) is 0 Å². The third-order valence-corrected chi connectivity index (χ3v) is 3.00. The molecule has 0 aromatic carbocycles. The molecule has 0 radical (unpaired) electrons. The van der Waals surface area contributed by atoms with Gasteiger partial charge in [-0.1, -0.05) is 47.0 Å². The van der Waals surface area contributed by atoms with E-state index in [9.17, 15) is 0 Å². The maximum Gasteiger partial charge on any atom is 0.218 e. The molecule has 1 heterocycles. The lowest BCUT2D eigenvalue weighted by Crippen LogP contribution is -2.18. The van der Waals surface area contributed by atoms with Gasteiger partial charge in [-0.05, 0) is 13.3 Å². The minimum absolute atomic E-state index is 0.0776. The van der Waals surface area contributed by atoms with Gasteiger partial charge in [-0.2, -0.15) is 4.98 Å². The molecule has 0 bridgehead atoms. The van der Waals surface area contributed by atoms with E-state index in [2.05, 4.69) is 43.0 Å². The number of hydrogen-bond donors (Lipinski definition) is 1. The minimum Gasteiger partial charge on any atom is -0.478 e. The summed E-state index contributed by atoms with van der Waals surface area (Å²) >= 11 is 0. The summed E-state index contributed by atoms with van der Waals surface area (Å²) in [6.45, 7) is 12.1. The molecule has 1 rings (SSSR count). The third-order valence-electron chi connectivity index (χ3n) is 3.00. The molecule has 20 heavy (non-hydrogen) atoms. The second-order valence-electron chi connectivity index (χ2n) is 6.09. The van der Waals surface area contributed by atoms with Gasteiger partial charge in [0.15, 0.2) is 0 Å². The van der Waals surface area contributed by atoms with Crippen LogP contribution in [0.2, 0.25) is 0 Å². The maximum absolute atomic E-state index is 5.54. The molecule has 0 aliphatic heterocycles. The van der Waals surface area contributed by atoms with Gasteiger partial charge in [-0.15, -0.1) is 0 Å². The predicted molar refractivity (Wildman–Crippen MR) is 84.5 cm³/mol. The molecule has 0 unspecified atom stereocenters. The van der Waals surface area contributed by atoms with E-state index in [-0.39, 0.29) is 5.41 Å². The monoisotopic (exact) mass is 279 g/mol. The Balaban J connectivity index is 2.71. The van der Waals surface area contributed by atoms with Gasteiger partial charge in [0.05, 0.1) is 6.61 Å². The van der Waals surface area contributed by atoms with Crippen molar-refractivity contribution >= 4 is 5.82 Å². The number of ether oxygens (including phenoxy) is 1. The molecule has 0 saturated carbocycles. The molecule has 0 spiro atoms. The van der Waals surface area contributed by atoms with Crippen LogP contribution in [0.15, 0.2) is 6.07 Å². The summed E-state index contributed by atoms with van der Waals surface area (Å²) in [5, 5.41) is 3.38. The summed E-state index contributed by atoms with van der Waals surface area (Å²) in [7, 11) is 0. The number of unbranched alkanes of at least 4 members (excludes halogenated alkanes) is 3. The quantitative estimate of drug-likeness (QED) is 0.726. The highest BCUT2D eigenvalue weighted by molar-refractivity contribution is 5.39. The Bertz CT molecular complexity index is 399. The fourth-order valence-electron chi connectivity index (χ4n) is 1.84. The normalized spacial score (nSPS) is 11.4. The van der Waals surface area contributed by atoms with Crippen molar-refractivity contribution in [3.05, 3.63) is 11.9 Å². The predicted octanol–water partition coefficient (Wildman–Crippen LogP) is 4.17. The van der Waals surface area contributed by atoms with Crippen LogP contribution >= 0.6 is 0 Å². The van der Waals surface area contributed by atoms with E-state index in [1.165, 1.54) is 25.7 Å². The van der Waals surface area contributed by atoms with Crippen LogP contribution in [-0.4, -0.2) is 23.1 Å². The van der Waals surface area contributed by atoms with Crippen LogP contribution in [0, 0.1) is 0 Å². The Morgan fingerprint density at radius 2 is 1.85 bits per heavy atom. The first-order valence-electron chi connectivity index (χ1n) is 7.73. The summed E-state index contributed by atoms with van der Waals surface area (Å²) in [5.41, 5.74) is -0.0776. The number of hydrogen-bond acceptors (Lipinski definition) is 4. The maximum atomic E-state index is 5.54. The first-order valence-corrected chi connectivity index (χ1v) is 7.73. The summed E-state index contributed by atoms with van der Waals surface area (Å²) in [6.07, 6.45) is 4.99. The highest BCUT2D eigenvalue weighted by atomic mass is 16.5. The summed E-state index contributed by atoms with van der Waals surface area (Å²) in [4.78, 5) is 9.08. The molecule has 4 heteroatoms. The molecule has 0 amide bonds. The Hall–Kier alpha value is -1.32. The van der Waals surface area contributed by atoms with Crippen molar-refractivity contribution < 1.29 is 4.74 Å². The molecule has 0 aliphatic carbocycles. The Labute approximate surface area is 123 Å². The summed E-state index contributed by atoms with van der Waals surface area (Å²) < 4.78 is 5.54. The molecule has 1 aromatic rings. The Morgan fingerprint density at radius 3 is 2.45 bits per heavy atom. The van der Waals surface area contributed by atoms with Crippen molar-refractivity contribution in [2.24, 2.45) is 0 Å². The molecule has 0 fully saturated rings. The second-order valence-corrected chi connectivity index (χ2v) is 6.09. The van der Waals surface area contributed by atoms with E-state index < -0.39 is 0 Å². The van der Waals surface area contributed by atoms with Crippen molar-refractivity contribution in [3.8, 4) is 5.88 Å². The van der Waals surface area contributed by atoms with Crippen molar-refractivity contribution in [1.82, 2.24) is 9.97 Å². The zero-order valence-corrected chi connectivity index (χ0v) is 13.6. The molecule has 0 saturated heterocycles. The zero-order valence-electron chi connectivity index (χ0n) is 13.6. The number of anilines is 1. The van der Waals surface area contributed by atoms with Gasteiger partial charge >= 0.3 is 0 Å². The van der Waals surface area contributed by atoms with Crippen LogP contribution in [0.3, 0.4) is 0 Å². The van der Waals surface area contributed by atoms with Crippen LogP contribution in [0.25, 0.3) is 0 Å². The summed E-state index contributed by atoms with van der Waals surface area (Å²) in [5.74, 6) is 2.34. The highest BCUT2D eigenvalue weighted by Crippen LogP contribution is 2.23. The first-order chi connectivity index (χ1) is 9.47. The molecule has 114 valence electrons. The molecule has 0 atom stereocenters. The molecule has 1 aromatic heterocycles. The van der Waals surface area contributed by atoms with E-state index in [1.807, 2.05) is 13.0 Å². The SMILES string of the molecule is CCCCCCNc1cc(OCC)nc(C(C)(C)C)n1. The molecular formula is C16H29N3O. The van der Waals surface area contributed by atoms with Crippen LogP contribution < -0.4 is 10.1 Å². The van der Waals surface area contributed by atoms with E-state index in [0.29, 0.717) is 12.5 Å². The van der Waals surface area contributed by atoms with Gasteiger partial charge in [0.1, 0.15) is 11.6 Å². The van der Waals surface area contributed by atoms with Gasteiger partial charge in [0.25, 0.3) is 0 Å². The minimum atomic E-state index is -0.0776. The molecular weight excluding hydrogens is 250 g/mol. The van der Waals surface area contributed by atoms with E-state index in [4.69, 9.17) is 4.74 Å². The Morgan fingerprint density at radius 1 is 1.10 bits per heavy atom. The first kappa shape index (κ1) is 16.7. The fourth-order valence-corrected chi connectivity index (χ4v) is 1.84. The molecule has 0 aliphatic rings. The van der Waals surface area contributed by atoms with Gasteiger partial charge in [0.2, 0.25) is 5.88 Å². The van der Waals surface area contributed by atoms with Gasteiger partial charge < -0.3 is 10.1 Å². The largest absolute Gasteiger partial charge is 0.478 e. The van der Waals surface area contributed by atoms with Crippen LogP contribution in [-0.2, 0) is 5.41 Å². The highest BCUT2D eigenvalue weighted by Gasteiger charge is 2.19. The lowest BCUT2D eigenvalue weighted by molar-refractivity contribution is 0.322. The average molecular weight is 279 g/mol. The number of rotatable bonds is 8. The lowest BCUT2D eigenvalue weighted by Gasteiger charge is -2.18. The topological polar surface area (TPSA) is 47.0 Å². The van der Waals surface area contributed by atoms with Crippen molar-refractivity contribution in [2.45, 2.75) is 65.7 Å². The van der Waals surface area contributed by atoms with Crippen LogP contribution in [0.1, 0.15) is 66.1 Å². The van der Waals surface area contributed by atoms with E-state index in [1.54, 1.807) is 0 Å². The third kappa shape index (κ3) is 5.76. The second kappa shape index (κ2) is 8.08.